The number of aliphatic hydroxyl groups is 1. The number of hydrogen-bond acceptors (Lipinski definition) is 4. The van der Waals surface area contributed by atoms with Gasteiger partial charge < -0.3 is 14.9 Å². The number of aliphatic carboxylic acids is 1. The normalized spacial score (nSPS) is 25.5. The van der Waals surface area contributed by atoms with Gasteiger partial charge in [0.1, 0.15) is 16.0 Å². The maximum atomic E-state index is 11.3. The number of carbonyl (C=O) groups is 1. The zero-order valence-corrected chi connectivity index (χ0v) is 12.3. The van der Waals surface area contributed by atoms with Crippen LogP contribution in [0.4, 0.5) is 0 Å². The summed E-state index contributed by atoms with van der Waals surface area (Å²) in [6, 6.07) is 2.91. The van der Waals surface area contributed by atoms with Gasteiger partial charge in [0.2, 0.25) is 0 Å². The standard InChI is InChI=1S/C11H11ClO5S2/c1-17-8-5-6(12)4-7-9(8)19(18-16)3-2-11(7,15)10(13)14/h4-5,15H,2-3H2,1H3,(H,13,14). The minimum Gasteiger partial charge on any atom is -0.496 e. The molecule has 1 aliphatic rings. The van der Waals surface area contributed by atoms with E-state index in [9.17, 15) is 19.2 Å². The molecule has 2 unspecified atom stereocenters. The van der Waals surface area contributed by atoms with Gasteiger partial charge in [0.15, 0.2) is 5.60 Å². The fraction of sp³-hybridized carbons (Fsp3) is 0.364. The van der Waals surface area contributed by atoms with Crippen LogP contribution in [0.15, 0.2) is 17.0 Å². The van der Waals surface area contributed by atoms with E-state index in [4.69, 9.17) is 16.3 Å². The van der Waals surface area contributed by atoms with Gasteiger partial charge in [0, 0.05) is 22.8 Å². The van der Waals surface area contributed by atoms with Crippen LogP contribution in [-0.4, -0.2) is 33.3 Å². The zero-order valence-electron chi connectivity index (χ0n) is 9.88. The van der Waals surface area contributed by atoms with E-state index in [1.807, 2.05) is 0 Å². The zero-order chi connectivity index (χ0) is 14.2. The number of ether oxygens (including phenoxy) is 1. The lowest BCUT2D eigenvalue weighted by Crippen LogP contribution is -2.41. The maximum absolute atomic E-state index is 11.3. The van der Waals surface area contributed by atoms with Gasteiger partial charge in [-0.3, -0.25) is 0 Å². The molecule has 19 heavy (non-hydrogen) atoms. The second kappa shape index (κ2) is 5.24. The Hall–Kier alpha value is -0.890. The molecule has 0 fully saturated rings. The highest BCUT2D eigenvalue weighted by Crippen LogP contribution is 2.42. The van der Waals surface area contributed by atoms with Crippen molar-refractivity contribution in [3.63, 3.8) is 0 Å². The molecule has 0 saturated heterocycles. The molecule has 0 aliphatic carbocycles. The van der Waals surface area contributed by atoms with Crippen LogP contribution in [0.25, 0.3) is 0 Å². The Morgan fingerprint density at radius 3 is 2.79 bits per heavy atom. The van der Waals surface area contributed by atoms with Crippen molar-refractivity contribution in [2.75, 3.05) is 12.9 Å². The fourth-order valence-electron chi connectivity index (χ4n) is 2.03. The van der Waals surface area contributed by atoms with Crippen LogP contribution in [0.2, 0.25) is 5.02 Å². The smallest absolute Gasteiger partial charge is 0.340 e. The van der Waals surface area contributed by atoms with Crippen molar-refractivity contribution in [2.24, 2.45) is 0 Å². The van der Waals surface area contributed by atoms with Crippen molar-refractivity contribution in [3.8, 4) is 5.75 Å². The van der Waals surface area contributed by atoms with Gasteiger partial charge in [0.25, 0.3) is 0 Å². The number of carboxylic acids is 1. The van der Waals surface area contributed by atoms with Crippen LogP contribution in [0.1, 0.15) is 12.0 Å². The molecular weight excluding hydrogens is 312 g/mol. The Balaban J connectivity index is 2.83. The summed E-state index contributed by atoms with van der Waals surface area (Å²) in [6.07, 6.45) is -0.0167. The summed E-state index contributed by atoms with van der Waals surface area (Å²) >= 11 is 5.92. The molecule has 0 amide bonds. The second-order valence-electron chi connectivity index (χ2n) is 4.02. The molecule has 5 nitrogen and oxygen atoms in total. The first-order chi connectivity index (χ1) is 8.93. The third-order valence-electron chi connectivity index (χ3n) is 3.00. The van der Waals surface area contributed by atoms with Gasteiger partial charge >= 0.3 is 5.97 Å². The summed E-state index contributed by atoms with van der Waals surface area (Å²) in [4.78, 5) is 11.8. The third-order valence-corrected chi connectivity index (χ3v) is 6.32. The summed E-state index contributed by atoms with van der Waals surface area (Å²) in [7, 11) is 1.05. The van der Waals surface area contributed by atoms with Crippen LogP contribution < -0.4 is 4.74 Å². The van der Waals surface area contributed by atoms with Crippen LogP contribution in [0, 0.1) is 0 Å². The number of hydrogen-bond donors (Lipinski definition) is 2. The molecule has 0 radical (unpaired) electrons. The van der Waals surface area contributed by atoms with Crippen molar-refractivity contribution in [2.45, 2.75) is 16.9 Å². The lowest BCUT2D eigenvalue weighted by molar-refractivity contribution is -0.160. The van der Waals surface area contributed by atoms with Gasteiger partial charge in [0.05, 0.1) is 12.0 Å². The highest BCUT2D eigenvalue weighted by molar-refractivity contribution is 8.31. The summed E-state index contributed by atoms with van der Waals surface area (Å²) in [5, 5.41) is 19.8. The second-order valence-corrected chi connectivity index (χ2v) is 7.71. The molecule has 0 bridgehead atoms. The first-order valence-corrected chi connectivity index (χ1v) is 8.32. The molecular formula is C11H11ClO5S2. The van der Waals surface area contributed by atoms with E-state index in [2.05, 4.69) is 0 Å². The summed E-state index contributed by atoms with van der Waals surface area (Å²) in [5.74, 6) is -0.715. The molecule has 2 rings (SSSR count). The first kappa shape index (κ1) is 14.5. The number of carboxylic acid groups (broad SMARTS) is 1. The topological polar surface area (TPSA) is 83.8 Å². The number of halogens is 1. The Morgan fingerprint density at radius 2 is 2.26 bits per heavy atom. The average molecular weight is 323 g/mol. The molecule has 1 aromatic rings. The van der Waals surface area contributed by atoms with Gasteiger partial charge in [-0.2, -0.15) is 0 Å². The van der Waals surface area contributed by atoms with Crippen molar-refractivity contribution in [1.82, 2.24) is 0 Å². The summed E-state index contributed by atoms with van der Waals surface area (Å²) < 4.78 is 16.4. The van der Waals surface area contributed by atoms with Gasteiger partial charge in [-0.15, -0.1) is 0 Å². The van der Waals surface area contributed by atoms with Crippen LogP contribution in [0.3, 0.4) is 0 Å². The van der Waals surface area contributed by atoms with E-state index in [0.717, 1.165) is 0 Å². The quantitative estimate of drug-likeness (QED) is 0.852. The van der Waals surface area contributed by atoms with Gasteiger partial charge in [-0.05, 0) is 12.1 Å². The first-order valence-electron chi connectivity index (χ1n) is 5.29. The van der Waals surface area contributed by atoms with Crippen molar-refractivity contribution in [3.05, 3.63) is 22.7 Å². The van der Waals surface area contributed by atoms with E-state index in [-0.39, 0.29) is 17.0 Å². The Labute approximate surface area is 119 Å². The minimum atomic E-state index is -2.02. The third kappa shape index (κ3) is 2.31. The molecule has 1 heterocycles. The SMILES string of the molecule is COc1cc(Cl)cc2c1S(=S=O)CCC2(O)C(=O)O. The van der Waals surface area contributed by atoms with Crippen LogP contribution >= 0.6 is 11.6 Å². The lowest BCUT2D eigenvalue weighted by Gasteiger charge is -2.32. The molecule has 2 atom stereocenters. The molecule has 2 N–H and O–H groups in total. The maximum Gasteiger partial charge on any atom is 0.340 e. The number of rotatable bonds is 2. The largest absolute Gasteiger partial charge is 0.496 e. The highest BCUT2D eigenvalue weighted by atomic mass is 35.5. The van der Waals surface area contributed by atoms with E-state index in [0.29, 0.717) is 26.6 Å². The molecule has 0 spiro atoms. The lowest BCUT2D eigenvalue weighted by atomic mass is 9.90. The van der Waals surface area contributed by atoms with E-state index < -0.39 is 21.0 Å². The molecule has 0 saturated carbocycles. The van der Waals surface area contributed by atoms with Gasteiger partial charge in [-0.1, -0.05) is 21.1 Å². The molecule has 1 aliphatic heterocycles. The van der Waals surface area contributed by atoms with Crippen LogP contribution in [-0.2, 0) is 30.1 Å². The average Bonchev–Trinajstić information content (AvgIpc) is 2.38. The monoisotopic (exact) mass is 322 g/mol. The van der Waals surface area contributed by atoms with Crippen molar-refractivity contribution < 1.29 is 24.0 Å². The van der Waals surface area contributed by atoms with E-state index in [1.54, 1.807) is 0 Å². The number of fused-ring (bicyclic) bond motifs is 1. The van der Waals surface area contributed by atoms with E-state index >= 15 is 0 Å². The predicted molar refractivity (Wildman–Crippen MR) is 72.8 cm³/mol. The predicted octanol–water partition coefficient (Wildman–Crippen LogP) is 1.13. The molecule has 104 valence electrons. The number of methoxy groups -OCH3 is 1. The van der Waals surface area contributed by atoms with Crippen LogP contribution in [0.5, 0.6) is 5.75 Å². The molecule has 8 heteroatoms. The molecule has 0 aromatic heterocycles. The minimum absolute atomic E-state index is 0.0167. The number of benzene rings is 1. The Morgan fingerprint density at radius 1 is 1.58 bits per heavy atom. The summed E-state index contributed by atoms with van der Waals surface area (Å²) in [5.41, 5.74) is -1.87. The van der Waals surface area contributed by atoms with Crippen molar-refractivity contribution in [1.29, 1.82) is 0 Å². The highest BCUT2D eigenvalue weighted by Gasteiger charge is 2.44. The van der Waals surface area contributed by atoms with Gasteiger partial charge in [-0.25, -0.2) is 9.00 Å². The Bertz CT molecular complexity index is 611. The van der Waals surface area contributed by atoms with E-state index in [1.165, 1.54) is 19.2 Å². The van der Waals surface area contributed by atoms with Crippen molar-refractivity contribution >= 4 is 37.3 Å². The summed E-state index contributed by atoms with van der Waals surface area (Å²) in [6.45, 7) is 0. The fourth-order valence-corrected chi connectivity index (χ4v) is 5.07. The molecule has 1 aromatic carbocycles. The Kier molecular flexibility index (Phi) is 4.00.